The highest BCUT2D eigenvalue weighted by Crippen LogP contribution is 2.27. The van der Waals surface area contributed by atoms with Gasteiger partial charge in [-0.3, -0.25) is 19.7 Å². The highest BCUT2D eigenvalue weighted by Gasteiger charge is 2.26. The van der Waals surface area contributed by atoms with Crippen molar-refractivity contribution in [3.8, 4) is 0 Å². The lowest BCUT2D eigenvalue weighted by Crippen LogP contribution is -2.11. The fourth-order valence-corrected chi connectivity index (χ4v) is 1.86. The molecule has 23 heavy (non-hydrogen) atoms. The maximum absolute atomic E-state index is 12.0. The van der Waals surface area contributed by atoms with Gasteiger partial charge < -0.3 is 5.73 Å². The first-order valence-electron chi connectivity index (χ1n) is 7.12. The van der Waals surface area contributed by atoms with Gasteiger partial charge in [-0.25, -0.2) is 0 Å². The molecule has 1 saturated carbocycles. The Bertz CT molecular complexity index is 707. The van der Waals surface area contributed by atoms with Crippen LogP contribution in [0.2, 0.25) is 0 Å². The number of nitrogens with two attached hydrogens (primary N) is 1. The minimum absolute atomic E-state index is 0.0189. The molecule has 0 aliphatic heterocycles. The zero-order chi connectivity index (χ0) is 16.8. The quantitative estimate of drug-likeness (QED) is 0.532. The van der Waals surface area contributed by atoms with Crippen LogP contribution in [0.3, 0.4) is 0 Å². The summed E-state index contributed by atoms with van der Waals surface area (Å²) in [5.74, 6) is -0.0273. The van der Waals surface area contributed by atoms with Crippen LogP contribution in [0.25, 0.3) is 0 Å². The van der Waals surface area contributed by atoms with Crippen LogP contribution in [0.1, 0.15) is 28.8 Å². The highest BCUT2D eigenvalue weighted by molar-refractivity contribution is 6.09. The maximum atomic E-state index is 12.0. The lowest BCUT2D eigenvalue weighted by atomic mass is 10.0. The molecule has 2 N–H and O–H groups in total. The van der Waals surface area contributed by atoms with Gasteiger partial charge in [-0.15, -0.1) is 0 Å². The van der Waals surface area contributed by atoms with Crippen LogP contribution in [0.15, 0.2) is 54.6 Å². The predicted molar refractivity (Wildman–Crippen MR) is 84.9 cm³/mol. The maximum Gasteiger partial charge on any atom is 0.269 e. The van der Waals surface area contributed by atoms with E-state index in [4.69, 9.17) is 5.73 Å². The second-order valence-corrected chi connectivity index (χ2v) is 5.18. The number of nitro groups is 1. The van der Waals surface area contributed by atoms with Gasteiger partial charge in [0, 0.05) is 29.2 Å². The summed E-state index contributed by atoms with van der Waals surface area (Å²) in [6.45, 7) is 0. The Morgan fingerprint density at radius 3 is 1.87 bits per heavy atom. The normalized spacial score (nSPS) is 12.7. The molecule has 0 saturated heterocycles. The van der Waals surface area contributed by atoms with Crippen molar-refractivity contribution >= 4 is 17.4 Å². The summed E-state index contributed by atoms with van der Waals surface area (Å²) in [5, 5.41) is 10.5. The fourth-order valence-electron chi connectivity index (χ4n) is 1.86. The number of primary amides is 1. The second-order valence-electron chi connectivity index (χ2n) is 5.18. The summed E-state index contributed by atoms with van der Waals surface area (Å²) in [7, 11) is 0. The molecular weight excluding hydrogens is 296 g/mol. The summed E-state index contributed by atoms with van der Waals surface area (Å²) in [6, 6.07) is 14.4. The molecule has 0 radical (unpaired) electrons. The molecule has 0 bridgehead atoms. The largest absolute Gasteiger partial charge is 0.369 e. The molecule has 118 valence electrons. The van der Waals surface area contributed by atoms with E-state index in [1.54, 1.807) is 24.3 Å². The van der Waals surface area contributed by atoms with Crippen LogP contribution < -0.4 is 5.73 Å². The third-order valence-electron chi connectivity index (χ3n) is 3.36. The van der Waals surface area contributed by atoms with E-state index in [1.807, 2.05) is 6.07 Å². The van der Waals surface area contributed by atoms with E-state index in [0.717, 1.165) is 12.8 Å². The lowest BCUT2D eigenvalue weighted by molar-refractivity contribution is -0.384. The van der Waals surface area contributed by atoms with Crippen LogP contribution in [0.5, 0.6) is 0 Å². The van der Waals surface area contributed by atoms with Gasteiger partial charge in [-0.05, 0) is 25.0 Å². The van der Waals surface area contributed by atoms with Gasteiger partial charge in [0.25, 0.3) is 5.69 Å². The first kappa shape index (κ1) is 16.4. The summed E-state index contributed by atoms with van der Waals surface area (Å²) in [4.78, 5) is 31.9. The first-order valence-corrected chi connectivity index (χ1v) is 7.12. The van der Waals surface area contributed by atoms with E-state index in [-0.39, 0.29) is 23.3 Å². The Kier molecular flexibility index (Phi) is 5.19. The number of amides is 1. The number of carbonyl (C=O) groups excluding carboxylic acids is 2. The van der Waals surface area contributed by atoms with Gasteiger partial charge in [0.05, 0.1) is 4.92 Å². The van der Waals surface area contributed by atoms with E-state index in [1.165, 1.54) is 24.3 Å². The van der Waals surface area contributed by atoms with Crippen LogP contribution >= 0.6 is 0 Å². The second kappa shape index (κ2) is 7.31. The monoisotopic (exact) mass is 312 g/mol. The number of carbonyl (C=O) groups is 2. The highest BCUT2D eigenvalue weighted by atomic mass is 16.6. The predicted octanol–water partition coefficient (Wildman–Crippen LogP) is 2.71. The van der Waals surface area contributed by atoms with Gasteiger partial charge in [-0.1, -0.05) is 30.3 Å². The number of nitro benzene ring substituents is 1. The Hall–Kier alpha value is -3.02. The van der Waals surface area contributed by atoms with Crippen LogP contribution in [0, 0.1) is 16.0 Å². The number of benzene rings is 2. The van der Waals surface area contributed by atoms with Gasteiger partial charge in [0.15, 0.2) is 5.78 Å². The van der Waals surface area contributed by atoms with E-state index < -0.39 is 4.92 Å². The number of ketones is 1. The number of rotatable bonds is 4. The Morgan fingerprint density at radius 2 is 1.48 bits per heavy atom. The smallest absolute Gasteiger partial charge is 0.269 e. The summed E-state index contributed by atoms with van der Waals surface area (Å²) in [6.07, 6.45) is 2.05. The molecule has 0 spiro atoms. The van der Waals surface area contributed by atoms with Crippen molar-refractivity contribution in [1.82, 2.24) is 0 Å². The molecule has 3 rings (SSSR count). The summed E-state index contributed by atoms with van der Waals surface area (Å²) in [5.41, 5.74) is 5.86. The molecule has 1 amide bonds. The molecule has 0 heterocycles. The molecule has 1 aliphatic carbocycles. The zero-order valence-electron chi connectivity index (χ0n) is 12.3. The van der Waals surface area contributed by atoms with Crippen molar-refractivity contribution in [2.75, 3.05) is 0 Å². The molecule has 1 fully saturated rings. The van der Waals surface area contributed by atoms with Crippen molar-refractivity contribution in [3.05, 3.63) is 75.8 Å². The Labute approximate surface area is 133 Å². The molecule has 2 aromatic rings. The molecule has 0 unspecified atom stereocenters. The minimum Gasteiger partial charge on any atom is -0.369 e. The Morgan fingerprint density at radius 1 is 0.957 bits per heavy atom. The minimum atomic E-state index is -0.489. The van der Waals surface area contributed by atoms with Crippen molar-refractivity contribution in [1.29, 1.82) is 0 Å². The average molecular weight is 312 g/mol. The van der Waals surface area contributed by atoms with Crippen LogP contribution in [0.4, 0.5) is 5.69 Å². The SMILES string of the molecule is NC(=O)C1CC1.O=C(c1ccccc1)c1ccc([N+](=O)[O-])cc1. The third-order valence-corrected chi connectivity index (χ3v) is 3.36. The summed E-state index contributed by atoms with van der Waals surface area (Å²) >= 11 is 0. The van der Waals surface area contributed by atoms with Crippen molar-refractivity contribution < 1.29 is 14.5 Å². The van der Waals surface area contributed by atoms with Crippen molar-refractivity contribution in [2.45, 2.75) is 12.8 Å². The Balaban J connectivity index is 0.000000268. The van der Waals surface area contributed by atoms with E-state index in [2.05, 4.69) is 0 Å². The molecular formula is C17H16N2O4. The zero-order valence-corrected chi connectivity index (χ0v) is 12.3. The standard InChI is InChI=1S/C13H9NO3.C4H7NO/c15-13(10-4-2-1-3-5-10)11-6-8-12(9-7-11)14(16)17;5-4(6)3-1-2-3/h1-9H;3H,1-2H2,(H2,5,6). The van der Waals surface area contributed by atoms with Crippen LogP contribution in [-0.4, -0.2) is 16.6 Å². The molecule has 1 aliphatic rings. The topological polar surface area (TPSA) is 103 Å². The number of hydrogen-bond donors (Lipinski definition) is 1. The number of hydrogen-bond acceptors (Lipinski definition) is 4. The average Bonchev–Trinajstić information content (AvgIpc) is 3.41. The fraction of sp³-hybridized carbons (Fsp3) is 0.176. The molecule has 0 aromatic heterocycles. The van der Waals surface area contributed by atoms with Gasteiger partial charge >= 0.3 is 0 Å². The van der Waals surface area contributed by atoms with Crippen molar-refractivity contribution in [3.63, 3.8) is 0 Å². The van der Waals surface area contributed by atoms with Crippen molar-refractivity contribution in [2.24, 2.45) is 11.7 Å². The van der Waals surface area contributed by atoms with E-state index in [0.29, 0.717) is 11.1 Å². The molecule has 6 heteroatoms. The van der Waals surface area contributed by atoms with E-state index in [9.17, 15) is 19.7 Å². The van der Waals surface area contributed by atoms with Crippen LogP contribution in [-0.2, 0) is 4.79 Å². The molecule has 6 nitrogen and oxygen atoms in total. The number of non-ortho nitro benzene ring substituents is 1. The third kappa shape index (κ3) is 4.74. The number of nitrogens with zero attached hydrogens (tertiary/aromatic N) is 1. The van der Waals surface area contributed by atoms with Gasteiger partial charge in [0.1, 0.15) is 0 Å². The van der Waals surface area contributed by atoms with E-state index >= 15 is 0 Å². The molecule has 0 atom stereocenters. The first-order chi connectivity index (χ1) is 11.0. The van der Waals surface area contributed by atoms with Gasteiger partial charge in [0.2, 0.25) is 5.91 Å². The summed E-state index contributed by atoms with van der Waals surface area (Å²) < 4.78 is 0. The lowest BCUT2D eigenvalue weighted by Gasteiger charge is -2.00. The molecule has 2 aromatic carbocycles. The van der Waals surface area contributed by atoms with Gasteiger partial charge in [-0.2, -0.15) is 0 Å².